The van der Waals surface area contributed by atoms with Crippen LogP contribution < -0.4 is 11.3 Å². The molecule has 0 unspecified atom stereocenters. The van der Waals surface area contributed by atoms with Gasteiger partial charge in [-0.1, -0.05) is 83.5 Å². The summed E-state index contributed by atoms with van der Waals surface area (Å²) in [5, 5.41) is 0. The van der Waals surface area contributed by atoms with Crippen LogP contribution in [0.4, 0.5) is 0 Å². The molecule has 0 bridgehead atoms. The van der Waals surface area contributed by atoms with Gasteiger partial charge in [-0.3, -0.25) is 10.2 Å². The molecule has 3 nitrogen and oxygen atoms in total. The average Bonchev–Trinajstić information content (AvgIpc) is 2.46. The Morgan fingerprint density at radius 1 is 0.650 bits per heavy atom. The third-order valence-corrected chi connectivity index (χ3v) is 4.62. The molecule has 1 aliphatic carbocycles. The Bertz CT molecular complexity index is 227. The molecule has 118 valence electrons. The topological polar surface area (TPSA) is 55.1 Å². The smallest absolute Gasteiger partial charge is 0.236 e. The summed E-state index contributed by atoms with van der Waals surface area (Å²) >= 11 is 0. The molecule has 0 atom stereocenters. The van der Waals surface area contributed by atoms with Crippen molar-refractivity contribution in [3.63, 3.8) is 0 Å². The van der Waals surface area contributed by atoms with Crippen LogP contribution in [0.3, 0.4) is 0 Å². The summed E-state index contributed by atoms with van der Waals surface area (Å²) in [4.78, 5) is 11.8. The monoisotopic (exact) mass is 282 g/mol. The van der Waals surface area contributed by atoms with Crippen LogP contribution in [0.2, 0.25) is 0 Å². The minimum atomic E-state index is 0.0473. The number of carbonyl (C=O) groups is 1. The van der Waals surface area contributed by atoms with Gasteiger partial charge in [0.05, 0.1) is 0 Å². The number of nitrogens with one attached hydrogen (secondary N) is 1. The van der Waals surface area contributed by atoms with E-state index in [4.69, 9.17) is 5.84 Å². The minimum absolute atomic E-state index is 0.0473. The maximum Gasteiger partial charge on any atom is 0.236 e. The second-order valence-electron chi connectivity index (χ2n) is 6.38. The van der Waals surface area contributed by atoms with Gasteiger partial charge in [0.15, 0.2) is 0 Å². The van der Waals surface area contributed by atoms with E-state index in [1.807, 2.05) is 0 Å². The van der Waals surface area contributed by atoms with E-state index < -0.39 is 0 Å². The van der Waals surface area contributed by atoms with Crippen molar-refractivity contribution < 1.29 is 4.79 Å². The predicted octanol–water partition coefficient (Wildman–Crippen LogP) is 4.46. The van der Waals surface area contributed by atoms with Crippen molar-refractivity contribution in [3.05, 3.63) is 0 Å². The summed E-state index contributed by atoms with van der Waals surface area (Å²) in [5.41, 5.74) is 2.35. The van der Waals surface area contributed by atoms with E-state index in [2.05, 4.69) is 5.43 Å². The molecule has 1 amide bonds. The summed E-state index contributed by atoms with van der Waals surface area (Å²) in [6.07, 6.45) is 19.4. The molecule has 3 N–H and O–H groups in total. The molecule has 1 rings (SSSR count). The van der Waals surface area contributed by atoms with Crippen molar-refractivity contribution in [2.45, 2.75) is 96.3 Å². The van der Waals surface area contributed by atoms with Crippen LogP contribution in [-0.4, -0.2) is 5.91 Å². The van der Waals surface area contributed by atoms with E-state index in [0.717, 1.165) is 12.8 Å². The van der Waals surface area contributed by atoms with Crippen molar-refractivity contribution in [3.8, 4) is 0 Å². The lowest BCUT2D eigenvalue weighted by Gasteiger charge is -2.15. The molecule has 1 saturated carbocycles. The van der Waals surface area contributed by atoms with Gasteiger partial charge < -0.3 is 0 Å². The number of amides is 1. The van der Waals surface area contributed by atoms with Gasteiger partial charge in [0.25, 0.3) is 0 Å². The highest BCUT2D eigenvalue weighted by atomic mass is 16.2. The van der Waals surface area contributed by atoms with Gasteiger partial charge in [0.2, 0.25) is 5.91 Å². The first kappa shape index (κ1) is 17.5. The first-order chi connectivity index (χ1) is 9.84. The number of carbonyl (C=O) groups excluding carboxylic acids is 1. The molecule has 1 aliphatic rings. The van der Waals surface area contributed by atoms with Gasteiger partial charge in [0, 0.05) is 5.92 Å². The standard InChI is InChI=1S/C17H34N2O/c18-19-17(20)16-14-12-10-8-6-4-2-1-3-5-7-9-11-13-15-16/h16H,1-15,18H2,(H,19,20). The van der Waals surface area contributed by atoms with Gasteiger partial charge in [-0.05, 0) is 12.8 Å². The molecule has 1 fully saturated rings. The second-order valence-corrected chi connectivity index (χ2v) is 6.38. The summed E-state index contributed by atoms with van der Waals surface area (Å²) in [6, 6.07) is 0. The van der Waals surface area contributed by atoms with E-state index in [0.29, 0.717) is 0 Å². The lowest BCUT2D eigenvalue weighted by molar-refractivity contribution is -0.125. The van der Waals surface area contributed by atoms with Crippen LogP contribution in [0.1, 0.15) is 96.3 Å². The van der Waals surface area contributed by atoms with Crippen molar-refractivity contribution in [2.75, 3.05) is 0 Å². The molecule has 3 heteroatoms. The van der Waals surface area contributed by atoms with Crippen LogP contribution in [0, 0.1) is 5.92 Å². The largest absolute Gasteiger partial charge is 0.294 e. The minimum Gasteiger partial charge on any atom is -0.294 e. The van der Waals surface area contributed by atoms with Gasteiger partial charge in [-0.15, -0.1) is 0 Å². The zero-order valence-corrected chi connectivity index (χ0v) is 13.2. The van der Waals surface area contributed by atoms with Crippen molar-refractivity contribution >= 4 is 5.91 Å². The second kappa shape index (κ2) is 12.2. The van der Waals surface area contributed by atoms with E-state index in [1.165, 1.54) is 83.5 Å². The fraction of sp³-hybridized carbons (Fsp3) is 0.941. The van der Waals surface area contributed by atoms with E-state index in [-0.39, 0.29) is 11.8 Å². The number of rotatable bonds is 1. The number of nitrogens with two attached hydrogens (primary N) is 1. The molecular weight excluding hydrogens is 248 g/mol. The molecule has 0 aromatic carbocycles. The average molecular weight is 282 g/mol. The van der Waals surface area contributed by atoms with Crippen molar-refractivity contribution in [2.24, 2.45) is 11.8 Å². The van der Waals surface area contributed by atoms with Gasteiger partial charge in [0.1, 0.15) is 0 Å². The van der Waals surface area contributed by atoms with Crippen molar-refractivity contribution in [1.29, 1.82) is 0 Å². The van der Waals surface area contributed by atoms with Gasteiger partial charge in [-0.25, -0.2) is 5.84 Å². The molecule has 0 spiro atoms. The Kier molecular flexibility index (Phi) is 10.7. The highest BCUT2D eigenvalue weighted by Crippen LogP contribution is 2.20. The zero-order valence-electron chi connectivity index (χ0n) is 13.2. The Labute approximate surface area is 125 Å². The lowest BCUT2D eigenvalue weighted by Crippen LogP contribution is -2.35. The SMILES string of the molecule is NNC(=O)C1CCCCCCCCCCCCCCC1. The molecule has 0 aromatic rings. The zero-order chi connectivity index (χ0) is 14.5. The van der Waals surface area contributed by atoms with E-state index in [1.54, 1.807) is 0 Å². The number of hydrogen-bond acceptors (Lipinski definition) is 2. The summed E-state index contributed by atoms with van der Waals surface area (Å²) in [5.74, 6) is 5.50. The Morgan fingerprint density at radius 3 is 1.25 bits per heavy atom. The fourth-order valence-electron chi connectivity index (χ4n) is 3.25. The number of hydrazine groups is 1. The van der Waals surface area contributed by atoms with Crippen molar-refractivity contribution in [1.82, 2.24) is 5.43 Å². The maximum atomic E-state index is 11.8. The normalized spacial score (nSPS) is 22.2. The van der Waals surface area contributed by atoms with Crippen LogP contribution in [-0.2, 0) is 4.79 Å². The Balaban J connectivity index is 2.29. The third-order valence-electron chi connectivity index (χ3n) is 4.62. The fourth-order valence-corrected chi connectivity index (χ4v) is 3.25. The quantitative estimate of drug-likeness (QED) is 0.424. The maximum absolute atomic E-state index is 11.8. The predicted molar refractivity (Wildman–Crippen MR) is 85.1 cm³/mol. The Morgan fingerprint density at radius 2 is 0.950 bits per heavy atom. The lowest BCUT2D eigenvalue weighted by atomic mass is 9.93. The van der Waals surface area contributed by atoms with E-state index >= 15 is 0 Å². The molecule has 20 heavy (non-hydrogen) atoms. The molecule has 0 saturated heterocycles. The van der Waals surface area contributed by atoms with Gasteiger partial charge >= 0.3 is 0 Å². The molecular formula is C17H34N2O. The van der Waals surface area contributed by atoms with E-state index in [9.17, 15) is 4.79 Å². The van der Waals surface area contributed by atoms with Crippen LogP contribution in [0.5, 0.6) is 0 Å². The summed E-state index contributed by atoms with van der Waals surface area (Å²) < 4.78 is 0. The highest BCUT2D eigenvalue weighted by Gasteiger charge is 2.16. The van der Waals surface area contributed by atoms with Crippen LogP contribution >= 0.6 is 0 Å². The Hall–Kier alpha value is -0.570. The molecule has 0 aromatic heterocycles. The summed E-state index contributed by atoms with van der Waals surface area (Å²) in [7, 11) is 0. The van der Waals surface area contributed by atoms with Gasteiger partial charge in [-0.2, -0.15) is 0 Å². The molecule has 0 heterocycles. The molecule has 0 radical (unpaired) electrons. The highest BCUT2D eigenvalue weighted by molar-refractivity contribution is 5.77. The first-order valence-electron chi connectivity index (χ1n) is 8.85. The first-order valence-corrected chi connectivity index (χ1v) is 8.85. The van der Waals surface area contributed by atoms with Crippen LogP contribution in [0.25, 0.3) is 0 Å². The third kappa shape index (κ3) is 8.57. The molecule has 0 aliphatic heterocycles. The number of hydrogen-bond donors (Lipinski definition) is 2. The summed E-state index contributed by atoms with van der Waals surface area (Å²) in [6.45, 7) is 0. The van der Waals surface area contributed by atoms with Crippen LogP contribution in [0.15, 0.2) is 0 Å².